The van der Waals surface area contributed by atoms with Crippen molar-refractivity contribution in [1.82, 2.24) is 0 Å². The van der Waals surface area contributed by atoms with Crippen molar-refractivity contribution in [3.05, 3.63) is 24.3 Å². The van der Waals surface area contributed by atoms with E-state index in [0.717, 1.165) is 12.7 Å². The van der Waals surface area contributed by atoms with E-state index < -0.39 is 0 Å². The van der Waals surface area contributed by atoms with E-state index in [1.54, 1.807) is 0 Å². The van der Waals surface area contributed by atoms with Crippen molar-refractivity contribution in [2.24, 2.45) is 0 Å². The summed E-state index contributed by atoms with van der Waals surface area (Å²) in [4.78, 5) is 10.1. The van der Waals surface area contributed by atoms with Gasteiger partial charge in [0.05, 0.1) is 0 Å². The van der Waals surface area contributed by atoms with Crippen LogP contribution in [0.5, 0.6) is 0 Å². The van der Waals surface area contributed by atoms with Crippen LogP contribution in [0.4, 0.5) is 0 Å². The summed E-state index contributed by atoms with van der Waals surface area (Å²) in [5.74, 6) is 0. The van der Waals surface area contributed by atoms with Gasteiger partial charge in [-0.3, -0.25) is 0 Å². The van der Waals surface area contributed by atoms with Gasteiger partial charge >= 0.3 is 0 Å². The minimum absolute atomic E-state index is 0.575. The Morgan fingerprint density at radius 3 is 1.63 bits per heavy atom. The van der Waals surface area contributed by atoms with Crippen LogP contribution in [0, 0.1) is 0 Å². The maximum atomic E-state index is 10.1. The Morgan fingerprint density at radius 2 is 1.11 bits per heavy atom. The number of hydrogen-bond acceptors (Lipinski definition) is 1. The normalized spacial score (nSPS) is 11.6. The first-order chi connectivity index (χ1) is 9.41. The average Bonchev–Trinajstić information content (AvgIpc) is 2.43. The Morgan fingerprint density at radius 1 is 0.632 bits per heavy atom. The van der Waals surface area contributed by atoms with Crippen LogP contribution in [0.1, 0.15) is 84.0 Å². The van der Waals surface area contributed by atoms with Gasteiger partial charge in [-0.2, -0.15) is 0 Å². The molecule has 0 saturated heterocycles. The molecule has 0 fully saturated rings. The summed E-state index contributed by atoms with van der Waals surface area (Å²) in [5, 5.41) is 0. The Labute approximate surface area is 120 Å². The highest BCUT2D eigenvalue weighted by molar-refractivity contribution is 5.51. The van der Waals surface area contributed by atoms with Gasteiger partial charge in [0.1, 0.15) is 6.29 Å². The van der Waals surface area contributed by atoms with Crippen molar-refractivity contribution in [2.45, 2.75) is 84.0 Å². The lowest BCUT2D eigenvalue weighted by Gasteiger charge is -1.99. The van der Waals surface area contributed by atoms with Crippen LogP contribution in [-0.2, 0) is 4.79 Å². The second-order valence-corrected chi connectivity index (χ2v) is 5.19. The molecule has 0 saturated carbocycles. The van der Waals surface area contributed by atoms with Gasteiger partial charge in [0.15, 0.2) is 0 Å². The third kappa shape index (κ3) is 17.1. The van der Waals surface area contributed by atoms with Crippen molar-refractivity contribution in [3.8, 4) is 0 Å². The zero-order valence-corrected chi connectivity index (χ0v) is 12.8. The zero-order chi connectivity index (χ0) is 14.0. The molecule has 1 nitrogen and oxygen atoms in total. The van der Waals surface area contributed by atoms with Gasteiger partial charge in [-0.1, -0.05) is 69.8 Å². The number of rotatable bonds is 14. The molecule has 1 heteroatoms. The van der Waals surface area contributed by atoms with Crippen molar-refractivity contribution in [3.63, 3.8) is 0 Å². The number of hydrogen-bond donors (Lipinski definition) is 0. The minimum atomic E-state index is 0.575. The highest BCUT2D eigenvalue weighted by Crippen LogP contribution is 2.09. The van der Waals surface area contributed by atoms with E-state index in [1.165, 1.54) is 64.2 Å². The number of aldehydes is 1. The molecule has 0 aromatic rings. The van der Waals surface area contributed by atoms with E-state index in [1.807, 2.05) is 6.08 Å². The molecule has 0 heterocycles. The summed E-state index contributed by atoms with van der Waals surface area (Å²) in [6, 6.07) is 0. The molecule has 0 bridgehead atoms. The molecule has 0 aromatic heterocycles. The fourth-order valence-electron chi connectivity index (χ4n) is 2.06. The molecule has 0 rings (SSSR count). The van der Waals surface area contributed by atoms with Crippen LogP contribution in [0.25, 0.3) is 0 Å². The molecule has 110 valence electrons. The zero-order valence-electron chi connectivity index (χ0n) is 12.8. The first kappa shape index (κ1) is 18.1. The summed E-state index contributed by atoms with van der Waals surface area (Å²) in [6.45, 7) is 2.24. The van der Waals surface area contributed by atoms with Crippen LogP contribution in [-0.4, -0.2) is 6.29 Å². The molecule has 0 atom stereocenters. The summed E-state index contributed by atoms with van der Waals surface area (Å²) in [5.41, 5.74) is 0. The Bertz CT molecular complexity index is 228. The van der Waals surface area contributed by atoms with E-state index in [4.69, 9.17) is 0 Å². The Balaban J connectivity index is 3.06. The fraction of sp³-hybridized carbons (Fsp3) is 0.722. The van der Waals surface area contributed by atoms with Gasteiger partial charge in [0, 0.05) is 6.42 Å². The Hall–Kier alpha value is -0.850. The standard InChI is InChI=1S/C18H32O/c1-2-3-4-5-6-7-8-9-10-11-12-13-14-15-16-17-18-19/h5-6,15-16,18H,2-4,7-14,17H2,1H3/b6-5-,16-15-. The second-order valence-electron chi connectivity index (χ2n) is 5.19. The van der Waals surface area contributed by atoms with Crippen LogP contribution >= 0.6 is 0 Å². The molecule has 0 aliphatic heterocycles. The van der Waals surface area contributed by atoms with Gasteiger partial charge in [0.25, 0.3) is 0 Å². The van der Waals surface area contributed by atoms with Crippen molar-refractivity contribution >= 4 is 6.29 Å². The fourth-order valence-corrected chi connectivity index (χ4v) is 2.06. The van der Waals surface area contributed by atoms with Gasteiger partial charge in [0.2, 0.25) is 0 Å². The number of carbonyl (C=O) groups excluding carboxylic acids is 1. The maximum Gasteiger partial charge on any atom is 0.123 e. The van der Waals surface area contributed by atoms with Gasteiger partial charge < -0.3 is 4.79 Å². The van der Waals surface area contributed by atoms with Gasteiger partial charge in [-0.15, -0.1) is 0 Å². The number of allylic oxidation sites excluding steroid dienone is 4. The van der Waals surface area contributed by atoms with E-state index in [2.05, 4.69) is 25.2 Å². The smallest absolute Gasteiger partial charge is 0.123 e. The molecule has 0 radical (unpaired) electrons. The third-order valence-corrected chi connectivity index (χ3v) is 3.28. The quantitative estimate of drug-likeness (QED) is 0.214. The second kappa shape index (κ2) is 17.2. The maximum absolute atomic E-state index is 10.1. The van der Waals surface area contributed by atoms with Gasteiger partial charge in [-0.25, -0.2) is 0 Å². The van der Waals surface area contributed by atoms with Crippen molar-refractivity contribution < 1.29 is 4.79 Å². The first-order valence-corrected chi connectivity index (χ1v) is 8.15. The van der Waals surface area contributed by atoms with E-state index >= 15 is 0 Å². The summed E-state index contributed by atoms with van der Waals surface area (Å²) in [6.07, 6.45) is 24.7. The molecule has 0 unspecified atom stereocenters. The third-order valence-electron chi connectivity index (χ3n) is 3.28. The number of carbonyl (C=O) groups is 1. The largest absolute Gasteiger partial charge is 0.303 e. The highest BCUT2D eigenvalue weighted by Gasteiger charge is 1.90. The van der Waals surface area contributed by atoms with E-state index in [9.17, 15) is 4.79 Å². The molecule has 0 aliphatic rings. The van der Waals surface area contributed by atoms with Crippen LogP contribution in [0.2, 0.25) is 0 Å². The molecule has 0 aliphatic carbocycles. The van der Waals surface area contributed by atoms with Crippen molar-refractivity contribution in [1.29, 1.82) is 0 Å². The predicted octanol–water partition coefficient (Wildman–Crippen LogP) is 6.00. The minimum Gasteiger partial charge on any atom is -0.303 e. The lowest BCUT2D eigenvalue weighted by molar-refractivity contribution is -0.107. The number of unbranched alkanes of at least 4 members (excludes halogenated alkanes) is 9. The van der Waals surface area contributed by atoms with Crippen LogP contribution < -0.4 is 0 Å². The molecule has 19 heavy (non-hydrogen) atoms. The van der Waals surface area contributed by atoms with Crippen LogP contribution in [0.3, 0.4) is 0 Å². The molecule has 0 spiro atoms. The lowest BCUT2D eigenvalue weighted by Crippen LogP contribution is -1.79. The van der Waals surface area contributed by atoms with Crippen LogP contribution in [0.15, 0.2) is 24.3 Å². The van der Waals surface area contributed by atoms with Gasteiger partial charge in [-0.05, 0) is 32.1 Å². The topological polar surface area (TPSA) is 17.1 Å². The molecular formula is C18H32O. The first-order valence-electron chi connectivity index (χ1n) is 8.15. The Kier molecular flexibility index (Phi) is 16.4. The molecule has 0 amide bonds. The summed E-state index contributed by atoms with van der Waals surface area (Å²) >= 11 is 0. The van der Waals surface area contributed by atoms with E-state index in [-0.39, 0.29) is 0 Å². The molecule has 0 aromatic carbocycles. The predicted molar refractivity (Wildman–Crippen MR) is 85.4 cm³/mol. The molecule has 0 N–H and O–H groups in total. The van der Waals surface area contributed by atoms with Crippen molar-refractivity contribution in [2.75, 3.05) is 0 Å². The monoisotopic (exact) mass is 264 g/mol. The summed E-state index contributed by atoms with van der Waals surface area (Å²) in [7, 11) is 0. The summed E-state index contributed by atoms with van der Waals surface area (Å²) < 4.78 is 0. The SMILES string of the molecule is CCCC/C=C\CCCCCCCC/C=C\CC=O. The molecular weight excluding hydrogens is 232 g/mol. The lowest BCUT2D eigenvalue weighted by atomic mass is 10.1. The highest BCUT2D eigenvalue weighted by atomic mass is 16.1. The average molecular weight is 264 g/mol. The van der Waals surface area contributed by atoms with E-state index in [0.29, 0.717) is 6.42 Å².